The highest BCUT2D eigenvalue weighted by Crippen LogP contribution is 2.12. The van der Waals surface area contributed by atoms with Gasteiger partial charge in [0, 0.05) is 19.0 Å². The summed E-state index contributed by atoms with van der Waals surface area (Å²) in [6.07, 6.45) is 2.88. The van der Waals surface area contributed by atoms with Gasteiger partial charge in [0.2, 0.25) is 11.8 Å². The first-order valence-corrected chi connectivity index (χ1v) is 6.41. The molecule has 0 aliphatic rings. The molecule has 5 nitrogen and oxygen atoms in total. The average molecular weight is 241 g/mol. The van der Waals surface area contributed by atoms with Crippen LogP contribution >= 0.6 is 0 Å². The van der Waals surface area contributed by atoms with Gasteiger partial charge >= 0.3 is 0 Å². The fraction of sp³-hybridized carbons (Fsp3) is 0.833. The molecular formula is C12H23N3O2. The zero-order chi connectivity index (χ0) is 12.7. The molecule has 0 fully saturated rings. The number of hydrogen-bond acceptors (Lipinski definition) is 5. The predicted molar refractivity (Wildman–Crippen MR) is 65.5 cm³/mol. The minimum absolute atomic E-state index is 0.158. The Hall–Kier alpha value is -0.940. The standard InChI is InChI=1S/C12H23N3O2/c1-4-10(5-2)15(7-8-16)9-12-14-13-11(6-3)17-12/h10,16H,4-9H2,1-3H3. The first-order valence-electron chi connectivity index (χ1n) is 6.41. The van der Waals surface area contributed by atoms with Crippen molar-refractivity contribution in [2.75, 3.05) is 13.2 Å². The molecular weight excluding hydrogens is 218 g/mol. The van der Waals surface area contributed by atoms with Crippen molar-refractivity contribution in [3.05, 3.63) is 11.8 Å². The van der Waals surface area contributed by atoms with E-state index in [-0.39, 0.29) is 6.61 Å². The summed E-state index contributed by atoms with van der Waals surface area (Å²) >= 11 is 0. The fourth-order valence-corrected chi connectivity index (χ4v) is 1.99. The number of aliphatic hydroxyl groups is 1. The third-order valence-electron chi connectivity index (χ3n) is 3.00. The van der Waals surface area contributed by atoms with Gasteiger partial charge in [-0.2, -0.15) is 0 Å². The molecule has 1 aromatic rings. The van der Waals surface area contributed by atoms with E-state index >= 15 is 0 Å². The Morgan fingerprint density at radius 2 is 1.82 bits per heavy atom. The van der Waals surface area contributed by atoms with Crippen molar-refractivity contribution >= 4 is 0 Å². The van der Waals surface area contributed by atoms with Gasteiger partial charge in [0.25, 0.3) is 0 Å². The van der Waals surface area contributed by atoms with E-state index in [1.54, 1.807) is 0 Å². The largest absolute Gasteiger partial charge is 0.424 e. The number of aliphatic hydroxyl groups excluding tert-OH is 1. The van der Waals surface area contributed by atoms with Crippen LogP contribution in [-0.4, -0.2) is 39.4 Å². The first-order chi connectivity index (χ1) is 8.24. The van der Waals surface area contributed by atoms with E-state index in [0.29, 0.717) is 30.9 Å². The van der Waals surface area contributed by atoms with Crippen LogP contribution in [0.15, 0.2) is 4.42 Å². The minimum atomic E-state index is 0.158. The van der Waals surface area contributed by atoms with Crippen LogP contribution in [0.5, 0.6) is 0 Å². The van der Waals surface area contributed by atoms with Gasteiger partial charge in [-0.3, -0.25) is 4.90 Å². The fourth-order valence-electron chi connectivity index (χ4n) is 1.99. The lowest BCUT2D eigenvalue weighted by molar-refractivity contribution is 0.125. The topological polar surface area (TPSA) is 62.4 Å². The van der Waals surface area contributed by atoms with E-state index in [4.69, 9.17) is 9.52 Å². The number of rotatable bonds is 8. The van der Waals surface area contributed by atoms with Crippen LogP contribution in [0.1, 0.15) is 45.4 Å². The van der Waals surface area contributed by atoms with Crippen molar-refractivity contribution in [2.45, 2.75) is 52.6 Å². The Morgan fingerprint density at radius 1 is 1.18 bits per heavy atom. The zero-order valence-electron chi connectivity index (χ0n) is 11.0. The normalized spacial score (nSPS) is 11.6. The molecule has 0 aliphatic heterocycles. The Kier molecular flexibility index (Phi) is 6.15. The molecule has 0 atom stereocenters. The smallest absolute Gasteiger partial charge is 0.230 e. The average Bonchev–Trinajstić information content (AvgIpc) is 2.78. The van der Waals surface area contributed by atoms with Gasteiger partial charge in [-0.25, -0.2) is 0 Å². The zero-order valence-corrected chi connectivity index (χ0v) is 11.0. The summed E-state index contributed by atoms with van der Waals surface area (Å²) in [5.41, 5.74) is 0. The molecule has 0 aliphatic carbocycles. The lowest BCUT2D eigenvalue weighted by atomic mass is 10.1. The summed E-state index contributed by atoms with van der Waals surface area (Å²) in [5, 5.41) is 17.1. The second-order valence-electron chi connectivity index (χ2n) is 4.11. The third kappa shape index (κ3) is 4.09. The number of nitrogens with zero attached hydrogens (tertiary/aromatic N) is 3. The second-order valence-corrected chi connectivity index (χ2v) is 4.11. The summed E-state index contributed by atoms with van der Waals surface area (Å²) in [6, 6.07) is 0.458. The number of aryl methyl sites for hydroxylation is 1. The molecule has 0 radical (unpaired) electrons. The van der Waals surface area contributed by atoms with Gasteiger partial charge in [0.15, 0.2) is 0 Å². The first kappa shape index (κ1) is 14.1. The molecule has 1 N–H and O–H groups in total. The SMILES string of the molecule is CCc1nnc(CN(CCO)C(CC)CC)o1. The molecule has 5 heteroatoms. The minimum Gasteiger partial charge on any atom is -0.424 e. The molecule has 1 rings (SSSR count). The number of hydrogen-bond donors (Lipinski definition) is 1. The molecule has 0 saturated carbocycles. The number of aromatic nitrogens is 2. The molecule has 0 aromatic carbocycles. The van der Waals surface area contributed by atoms with E-state index in [1.165, 1.54) is 0 Å². The van der Waals surface area contributed by atoms with E-state index in [1.807, 2.05) is 6.92 Å². The van der Waals surface area contributed by atoms with Crippen LogP contribution < -0.4 is 0 Å². The highest BCUT2D eigenvalue weighted by Gasteiger charge is 2.17. The van der Waals surface area contributed by atoms with Crippen LogP contribution in [0.4, 0.5) is 0 Å². The molecule has 1 aromatic heterocycles. The van der Waals surface area contributed by atoms with E-state index < -0.39 is 0 Å². The quantitative estimate of drug-likeness (QED) is 0.749. The van der Waals surface area contributed by atoms with Crippen LogP contribution in [0.3, 0.4) is 0 Å². The van der Waals surface area contributed by atoms with Crippen LogP contribution in [0.25, 0.3) is 0 Å². The Labute approximate surface area is 103 Å². The van der Waals surface area contributed by atoms with Crippen molar-refractivity contribution in [3.63, 3.8) is 0 Å². The molecule has 0 bridgehead atoms. The van der Waals surface area contributed by atoms with Gasteiger partial charge in [0.05, 0.1) is 13.2 Å². The molecule has 98 valence electrons. The summed E-state index contributed by atoms with van der Waals surface area (Å²) in [4.78, 5) is 2.20. The van der Waals surface area contributed by atoms with Crippen molar-refractivity contribution in [3.8, 4) is 0 Å². The maximum absolute atomic E-state index is 9.10. The Bertz CT molecular complexity index is 310. The third-order valence-corrected chi connectivity index (χ3v) is 3.00. The second kappa shape index (κ2) is 7.40. The monoisotopic (exact) mass is 241 g/mol. The summed E-state index contributed by atoms with van der Waals surface area (Å²) in [5.74, 6) is 1.32. The van der Waals surface area contributed by atoms with Crippen molar-refractivity contribution < 1.29 is 9.52 Å². The summed E-state index contributed by atoms with van der Waals surface area (Å²) in [6.45, 7) is 7.73. The maximum Gasteiger partial charge on any atom is 0.230 e. The van der Waals surface area contributed by atoms with Gasteiger partial charge in [-0.1, -0.05) is 20.8 Å². The van der Waals surface area contributed by atoms with Gasteiger partial charge in [0.1, 0.15) is 0 Å². The summed E-state index contributed by atoms with van der Waals surface area (Å²) < 4.78 is 5.50. The lowest BCUT2D eigenvalue weighted by Crippen LogP contribution is -2.36. The lowest BCUT2D eigenvalue weighted by Gasteiger charge is -2.28. The molecule has 0 saturated heterocycles. The van der Waals surface area contributed by atoms with E-state index in [0.717, 1.165) is 19.3 Å². The Morgan fingerprint density at radius 3 is 2.29 bits per heavy atom. The van der Waals surface area contributed by atoms with Crippen molar-refractivity contribution in [1.29, 1.82) is 0 Å². The molecule has 17 heavy (non-hydrogen) atoms. The van der Waals surface area contributed by atoms with E-state index in [9.17, 15) is 0 Å². The Balaban J connectivity index is 2.64. The van der Waals surface area contributed by atoms with E-state index in [2.05, 4.69) is 28.9 Å². The van der Waals surface area contributed by atoms with Gasteiger partial charge in [-0.05, 0) is 12.8 Å². The van der Waals surface area contributed by atoms with Crippen molar-refractivity contribution in [2.24, 2.45) is 0 Å². The highest BCUT2D eigenvalue weighted by atomic mass is 16.4. The molecule has 0 amide bonds. The molecule has 0 unspecified atom stereocenters. The maximum atomic E-state index is 9.10. The van der Waals surface area contributed by atoms with Crippen molar-refractivity contribution in [1.82, 2.24) is 15.1 Å². The van der Waals surface area contributed by atoms with Gasteiger partial charge in [-0.15, -0.1) is 10.2 Å². The highest BCUT2D eigenvalue weighted by molar-refractivity contribution is 4.83. The van der Waals surface area contributed by atoms with Gasteiger partial charge < -0.3 is 9.52 Å². The molecule has 1 heterocycles. The van der Waals surface area contributed by atoms with Crippen LogP contribution in [0.2, 0.25) is 0 Å². The summed E-state index contributed by atoms with van der Waals surface area (Å²) in [7, 11) is 0. The van der Waals surface area contributed by atoms with Crippen LogP contribution in [-0.2, 0) is 13.0 Å². The predicted octanol–water partition coefficient (Wildman–Crippen LogP) is 1.61. The van der Waals surface area contributed by atoms with Crippen LogP contribution in [0, 0.1) is 0 Å². The molecule has 0 spiro atoms.